The Morgan fingerprint density at radius 2 is 1.73 bits per heavy atom. The van der Waals surface area contributed by atoms with E-state index in [1.54, 1.807) is 18.2 Å². The smallest absolute Gasteiger partial charge is 0.256 e. The summed E-state index contributed by atoms with van der Waals surface area (Å²) >= 11 is 10.4. The fourth-order valence-corrected chi connectivity index (χ4v) is 3.80. The normalized spacial score (nSPS) is 11.8. The second-order valence-corrected chi connectivity index (χ2v) is 8.47. The Hall–Kier alpha value is -1.16. The first-order chi connectivity index (χ1) is 12.5. The number of halogens is 3. The van der Waals surface area contributed by atoms with Crippen LogP contribution in [0.4, 0.5) is 5.69 Å². The summed E-state index contributed by atoms with van der Waals surface area (Å²) in [5.74, 6) is -0.225. The van der Waals surface area contributed by atoms with E-state index in [2.05, 4.69) is 50.5 Å². The maximum absolute atomic E-state index is 12.7. The summed E-state index contributed by atoms with van der Waals surface area (Å²) in [5.41, 5.74) is 2.41. The van der Waals surface area contributed by atoms with Crippen molar-refractivity contribution in [2.24, 2.45) is 0 Å². The number of anilines is 1. The molecule has 0 bridgehead atoms. The largest absolute Gasteiger partial charge is 0.384 e. The predicted molar refractivity (Wildman–Crippen MR) is 122 cm³/mol. The number of amides is 1. The molecule has 0 saturated carbocycles. The molecular formula is C20H14ClI2NO2. The van der Waals surface area contributed by atoms with Crippen molar-refractivity contribution in [1.29, 1.82) is 0 Å². The van der Waals surface area contributed by atoms with Crippen LogP contribution in [0.2, 0.25) is 5.02 Å². The molecule has 0 heterocycles. The van der Waals surface area contributed by atoms with Gasteiger partial charge in [0.25, 0.3) is 5.91 Å². The average Bonchev–Trinajstić information content (AvgIpc) is 2.65. The van der Waals surface area contributed by atoms with Gasteiger partial charge in [-0.2, -0.15) is 0 Å². The lowest BCUT2D eigenvalue weighted by Gasteiger charge is -2.17. The number of carbonyl (C=O) groups excluding carboxylic acids is 1. The fourth-order valence-electron chi connectivity index (χ4n) is 2.55. The van der Waals surface area contributed by atoms with E-state index in [-0.39, 0.29) is 5.91 Å². The molecule has 3 aromatic rings. The van der Waals surface area contributed by atoms with E-state index in [9.17, 15) is 9.90 Å². The van der Waals surface area contributed by atoms with Crippen LogP contribution in [0.3, 0.4) is 0 Å². The topological polar surface area (TPSA) is 49.3 Å². The SMILES string of the molecule is O=C(Nc1ccc(Cl)cc1C(O)c1ccccc1)c1cc(I)ccc1I. The third-order valence-electron chi connectivity index (χ3n) is 3.84. The number of benzene rings is 3. The van der Waals surface area contributed by atoms with Crippen LogP contribution in [-0.2, 0) is 0 Å². The highest BCUT2D eigenvalue weighted by molar-refractivity contribution is 14.1. The van der Waals surface area contributed by atoms with Crippen molar-refractivity contribution in [3.8, 4) is 0 Å². The highest BCUT2D eigenvalue weighted by Crippen LogP contribution is 2.31. The van der Waals surface area contributed by atoms with Gasteiger partial charge < -0.3 is 10.4 Å². The van der Waals surface area contributed by atoms with Crippen LogP contribution < -0.4 is 5.32 Å². The van der Waals surface area contributed by atoms with Gasteiger partial charge in [-0.15, -0.1) is 0 Å². The molecular weight excluding hydrogens is 575 g/mol. The van der Waals surface area contributed by atoms with Crippen molar-refractivity contribution in [1.82, 2.24) is 0 Å². The first kappa shape index (κ1) is 19.6. The van der Waals surface area contributed by atoms with Gasteiger partial charge in [0.15, 0.2) is 0 Å². The third kappa shape index (κ3) is 4.57. The molecule has 0 fully saturated rings. The van der Waals surface area contributed by atoms with Crippen molar-refractivity contribution in [2.45, 2.75) is 6.10 Å². The molecule has 6 heteroatoms. The summed E-state index contributed by atoms with van der Waals surface area (Å²) in [4.78, 5) is 12.7. The molecule has 1 atom stereocenters. The Kier molecular flexibility index (Phi) is 6.55. The zero-order chi connectivity index (χ0) is 18.7. The summed E-state index contributed by atoms with van der Waals surface area (Å²) in [6.45, 7) is 0. The van der Waals surface area contributed by atoms with E-state index >= 15 is 0 Å². The molecule has 3 nitrogen and oxygen atoms in total. The second-order valence-electron chi connectivity index (χ2n) is 5.62. The monoisotopic (exact) mass is 589 g/mol. The van der Waals surface area contributed by atoms with Gasteiger partial charge in [0.2, 0.25) is 0 Å². The van der Waals surface area contributed by atoms with E-state index in [1.807, 2.05) is 48.5 Å². The van der Waals surface area contributed by atoms with E-state index in [0.29, 0.717) is 21.8 Å². The Balaban J connectivity index is 1.96. The van der Waals surface area contributed by atoms with Crippen LogP contribution >= 0.6 is 56.8 Å². The molecule has 0 aliphatic heterocycles. The van der Waals surface area contributed by atoms with E-state index < -0.39 is 6.10 Å². The van der Waals surface area contributed by atoms with Crippen molar-refractivity contribution < 1.29 is 9.90 Å². The minimum atomic E-state index is -0.889. The van der Waals surface area contributed by atoms with Crippen LogP contribution in [0.25, 0.3) is 0 Å². The van der Waals surface area contributed by atoms with Crippen molar-refractivity contribution in [3.63, 3.8) is 0 Å². The van der Waals surface area contributed by atoms with Gasteiger partial charge in [-0.3, -0.25) is 4.79 Å². The van der Waals surface area contributed by atoms with Gasteiger partial charge in [-0.05, 0) is 87.1 Å². The Morgan fingerprint density at radius 3 is 2.46 bits per heavy atom. The number of aliphatic hydroxyl groups excluding tert-OH is 1. The average molecular weight is 590 g/mol. The molecule has 0 aromatic heterocycles. The molecule has 1 unspecified atom stereocenters. The van der Waals surface area contributed by atoms with Crippen LogP contribution in [-0.4, -0.2) is 11.0 Å². The highest BCUT2D eigenvalue weighted by Gasteiger charge is 2.18. The van der Waals surface area contributed by atoms with Crippen LogP contribution in [0.5, 0.6) is 0 Å². The van der Waals surface area contributed by atoms with E-state index in [0.717, 1.165) is 12.7 Å². The number of nitrogens with one attached hydrogen (secondary N) is 1. The molecule has 132 valence electrons. The zero-order valence-corrected chi connectivity index (χ0v) is 18.5. The summed E-state index contributed by atoms with van der Waals surface area (Å²) in [6.07, 6.45) is -0.889. The highest BCUT2D eigenvalue weighted by atomic mass is 127. The summed E-state index contributed by atoms with van der Waals surface area (Å²) in [6, 6.07) is 20.0. The molecule has 0 aliphatic rings. The van der Waals surface area contributed by atoms with Crippen molar-refractivity contribution >= 4 is 68.4 Å². The van der Waals surface area contributed by atoms with E-state index in [1.165, 1.54) is 0 Å². The molecule has 3 aromatic carbocycles. The molecule has 2 N–H and O–H groups in total. The van der Waals surface area contributed by atoms with Crippen molar-refractivity contribution in [3.05, 3.63) is 95.6 Å². The third-order valence-corrected chi connectivity index (χ3v) is 5.69. The summed E-state index contributed by atoms with van der Waals surface area (Å²) in [5, 5.41) is 14.2. The standard InChI is InChI=1S/C20H14ClI2NO2/c21-13-6-9-18(16(10-13)19(25)12-4-2-1-3-5-12)24-20(26)15-11-14(22)7-8-17(15)23/h1-11,19,25H,(H,24,26). The molecule has 0 spiro atoms. The molecule has 0 saturated heterocycles. The Labute approximate surface area is 184 Å². The maximum Gasteiger partial charge on any atom is 0.256 e. The van der Waals surface area contributed by atoms with Crippen LogP contribution in [0, 0.1) is 7.14 Å². The Bertz CT molecular complexity index is 948. The quantitative estimate of drug-likeness (QED) is 0.374. The summed E-state index contributed by atoms with van der Waals surface area (Å²) in [7, 11) is 0. The van der Waals surface area contributed by atoms with Gasteiger partial charge in [-0.1, -0.05) is 41.9 Å². The van der Waals surface area contributed by atoms with Crippen molar-refractivity contribution in [2.75, 3.05) is 5.32 Å². The molecule has 0 aliphatic carbocycles. The Morgan fingerprint density at radius 1 is 1.00 bits per heavy atom. The van der Waals surface area contributed by atoms with Gasteiger partial charge in [0.1, 0.15) is 6.10 Å². The number of carbonyl (C=O) groups is 1. The molecule has 1 amide bonds. The zero-order valence-electron chi connectivity index (χ0n) is 13.4. The van der Waals surface area contributed by atoms with Gasteiger partial charge in [-0.25, -0.2) is 0 Å². The number of aliphatic hydroxyl groups is 1. The lowest BCUT2D eigenvalue weighted by molar-refractivity contribution is 0.102. The molecule has 3 rings (SSSR count). The first-order valence-corrected chi connectivity index (χ1v) is 10.3. The minimum Gasteiger partial charge on any atom is -0.384 e. The number of hydrogen-bond donors (Lipinski definition) is 2. The van der Waals surface area contributed by atoms with Gasteiger partial charge in [0, 0.05) is 23.4 Å². The molecule has 26 heavy (non-hydrogen) atoms. The molecule has 0 radical (unpaired) electrons. The van der Waals surface area contributed by atoms with Gasteiger partial charge >= 0.3 is 0 Å². The predicted octanol–water partition coefficient (Wildman–Crippen LogP) is 5.88. The minimum absolute atomic E-state index is 0.225. The maximum atomic E-state index is 12.7. The fraction of sp³-hybridized carbons (Fsp3) is 0.0500. The number of hydrogen-bond acceptors (Lipinski definition) is 2. The van der Waals surface area contributed by atoms with Crippen LogP contribution in [0.15, 0.2) is 66.7 Å². The van der Waals surface area contributed by atoms with E-state index in [4.69, 9.17) is 11.6 Å². The second kappa shape index (κ2) is 8.69. The number of rotatable bonds is 4. The summed E-state index contributed by atoms with van der Waals surface area (Å²) < 4.78 is 1.84. The van der Waals surface area contributed by atoms with Gasteiger partial charge in [0.05, 0.1) is 5.56 Å². The first-order valence-electron chi connectivity index (χ1n) is 7.74. The lowest BCUT2D eigenvalue weighted by Crippen LogP contribution is -2.16. The van der Waals surface area contributed by atoms with Crippen LogP contribution in [0.1, 0.15) is 27.6 Å². The lowest BCUT2D eigenvalue weighted by atomic mass is 9.99.